The summed E-state index contributed by atoms with van der Waals surface area (Å²) in [4.78, 5) is 11.5. The van der Waals surface area contributed by atoms with E-state index in [9.17, 15) is 0 Å². The highest BCUT2D eigenvalue weighted by Crippen LogP contribution is 2.15. The number of guanidine groups is 1. The van der Waals surface area contributed by atoms with Crippen molar-refractivity contribution < 1.29 is 0 Å². The number of aliphatic imine (C=N–C) groups is 1. The van der Waals surface area contributed by atoms with Crippen molar-refractivity contribution in [3.05, 3.63) is 27.7 Å². The van der Waals surface area contributed by atoms with Crippen molar-refractivity contribution in [2.75, 3.05) is 20.1 Å². The van der Waals surface area contributed by atoms with Crippen molar-refractivity contribution in [2.24, 2.45) is 4.99 Å². The number of thiazole rings is 1. The van der Waals surface area contributed by atoms with Gasteiger partial charge in [-0.15, -0.1) is 21.5 Å². The second-order valence-electron chi connectivity index (χ2n) is 7.05. The molecule has 1 N–H and O–H groups in total. The van der Waals surface area contributed by atoms with E-state index in [0.29, 0.717) is 0 Å². The highest BCUT2D eigenvalue weighted by Gasteiger charge is 2.14. The van der Waals surface area contributed by atoms with E-state index in [4.69, 9.17) is 4.99 Å². The molecule has 8 heteroatoms. The van der Waals surface area contributed by atoms with Gasteiger partial charge in [-0.1, -0.05) is 6.42 Å². The molecule has 0 amide bonds. The fourth-order valence-corrected chi connectivity index (χ4v) is 4.02. The Labute approximate surface area is 165 Å². The molecule has 0 saturated carbocycles. The van der Waals surface area contributed by atoms with Gasteiger partial charge in [-0.25, -0.2) is 4.98 Å². The summed E-state index contributed by atoms with van der Waals surface area (Å²) in [5, 5.41) is 15.4. The van der Waals surface area contributed by atoms with Gasteiger partial charge in [0.1, 0.15) is 11.6 Å². The molecule has 3 heterocycles. The summed E-state index contributed by atoms with van der Waals surface area (Å²) in [7, 11) is 2.06. The van der Waals surface area contributed by atoms with Crippen molar-refractivity contribution in [1.82, 2.24) is 30.0 Å². The van der Waals surface area contributed by atoms with Gasteiger partial charge < -0.3 is 14.8 Å². The molecule has 0 radical (unpaired) electrons. The zero-order chi connectivity index (χ0) is 19.1. The normalized spacial score (nSPS) is 14.7. The van der Waals surface area contributed by atoms with Gasteiger partial charge in [0, 0.05) is 44.9 Å². The molecule has 1 aliphatic heterocycles. The van der Waals surface area contributed by atoms with E-state index < -0.39 is 0 Å². The number of fused-ring (bicyclic) bond motifs is 1. The van der Waals surface area contributed by atoms with E-state index in [1.165, 1.54) is 19.3 Å². The predicted octanol–water partition coefficient (Wildman–Crippen LogP) is 2.80. The van der Waals surface area contributed by atoms with Crippen LogP contribution in [-0.4, -0.2) is 50.7 Å². The number of aryl methyl sites for hydroxylation is 3. The lowest BCUT2D eigenvalue weighted by atomic mass is 10.2. The number of hydrogen-bond acceptors (Lipinski definition) is 5. The van der Waals surface area contributed by atoms with Crippen molar-refractivity contribution in [3.8, 4) is 0 Å². The Balaban J connectivity index is 1.53. The van der Waals surface area contributed by atoms with Crippen molar-refractivity contribution in [3.63, 3.8) is 0 Å². The molecule has 7 nitrogen and oxygen atoms in total. The Bertz CT molecular complexity index is 749. The molecule has 0 saturated heterocycles. The fourth-order valence-electron chi connectivity index (χ4n) is 3.42. The summed E-state index contributed by atoms with van der Waals surface area (Å²) in [6.45, 7) is 7.62. The van der Waals surface area contributed by atoms with Crippen LogP contribution in [0.2, 0.25) is 0 Å². The maximum atomic E-state index is 4.80. The molecular weight excluding hydrogens is 358 g/mol. The first-order valence-electron chi connectivity index (χ1n) is 9.98. The number of hydrogen-bond donors (Lipinski definition) is 1. The predicted molar refractivity (Wildman–Crippen MR) is 110 cm³/mol. The van der Waals surface area contributed by atoms with Gasteiger partial charge in [0.25, 0.3) is 0 Å². The first-order valence-corrected chi connectivity index (χ1v) is 10.9. The quantitative estimate of drug-likeness (QED) is 0.448. The minimum atomic E-state index is 0.772. The standard InChI is InChI=1S/C19H31N7S/c1-4-20-19(25(3)13-16-14-27-15(2)22-16)21-11-8-10-18-24-23-17-9-6-5-7-12-26(17)18/h14H,4-13H2,1-3H3,(H,20,21). The van der Waals surface area contributed by atoms with E-state index in [0.717, 1.165) is 73.8 Å². The van der Waals surface area contributed by atoms with Crippen LogP contribution in [-0.2, 0) is 25.9 Å². The highest BCUT2D eigenvalue weighted by atomic mass is 32.1. The largest absolute Gasteiger partial charge is 0.357 e. The first kappa shape index (κ1) is 19.8. The Morgan fingerprint density at radius 1 is 1.33 bits per heavy atom. The molecule has 3 rings (SSSR count). The van der Waals surface area contributed by atoms with Gasteiger partial charge in [0.05, 0.1) is 17.2 Å². The van der Waals surface area contributed by atoms with Crippen molar-refractivity contribution in [1.29, 1.82) is 0 Å². The van der Waals surface area contributed by atoms with Crippen LogP contribution in [0, 0.1) is 6.92 Å². The molecule has 0 bridgehead atoms. The number of rotatable bonds is 7. The third-order valence-corrected chi connectivity index (χ3v) is 5.59. The lowest BCUT2D eigenvalue weighted by molar-refractivity contribution is 0.470. The van der Waals surface area contributed by atoms with E-state index in [-0.39, 0.29) is 0 Å². The van der Waals surface area contributed by atoms with Crippen LogP contribution in [0.3, 0.4) is 0 Å². The van der Waals surface area contributed by atoms with Gasteiger partial charge in [-0.3, -0.25) is 4.99 Å². The number of aromatic nitrogens is 4. The summed E-state index contributed by atoms with van der Waals surface area (Å²) in [6.07, 6.45) is 6.75. The highest BCUT2D eigenvalue weighted by molar-refractivity contribution is 7.09. The van der Waals surface area contributed by atoms with Crippen LogP contribution in [0.1, 0.15) is 55.0 Å². The molecule has 0 spiro atoms. The Kier molecular flexibility index (Phi) is 7.20. The zero-order valence-electron chi connectivity index (χ0n) is 16.7. The SMILES string of the molecule is CCNC(=NCCCc1nnc2n1CCCCC2)N(C)Cc1csc(C)n1. The second kappa shape index (κ2) is 9.82. The molecular formula is C19H31N7S. The minimum Gasteiger partial charge on any atom is -0.357 e. The molecule has 2 aromatic heterocycles. The zero-order valence-corrected chi connectivity index (χ0v) is 17.6. The third-order valence-electron chi connectivity index (χ3n) is 4.77. The van der Waals surface area contributed by atoms with Crippen LogP contribution in [0.15, 0.2) is 10.4 Å². The molecule has 0 unspecified atom stereocenters. The van der Waals surface area contributed by atoms with E-state index in [1.807, 2.05) is 6.92 Å². The van der Waals surface area contributed by atoms with Crippen LogP contribution >= 0.6 is 11.3 Å². The van der Waals surface area contributed by atoms with E-state index in [2.05, 4.69) is 49.3 Å². The van der Waals surface area contributed by atoms with Gasteiger partial charge in [-0.05, 0) is 33.1 Å². The molecule has 0 aromatic carbocycles. The maximum absolute atomic E-state index is 4.80. The van der Waals surface area contributed by atoms with Crippen LogP contribution < -0.4 is 5.32 Å². The summed E-state index contributed by atoms with van der Waals surface area (Å²) in [5.41, 5.74) is 1.09. The summed E-state index contributed by atoms with van der Waals surface area (Å²) in [6, 6.07) is 0. The van der Waals surface area contributed by atoms with Crippen LogP contribution in [0.5, 0.6) is 0 Å². The van der Waals surface area contributed by atoms with Gasteiger partial charge in [-0.2, -0.15) is 0 Å². The minimum absolute atomic E-state index is 0.772. The number of nitrogens with one attached hydrogen (secondary N) is 1. The first-order chi connectivity index (χ1) is 13.2. The molecule has 148 valence electrons. The Morgan fingerprint density at radius 3 is 3.00 bits per heavy atom. The van der Waals surface area contributed by atoms with Crippen molar-refractivity contribution in [2.45, 2.75) is 65.5 Å². The fraction of sp³-hybridized carbons (Fsp3) is 0.684. The third kappa shape index (κ3) is 5.51. The molecule has 0 fully saturated rings. The Hall–Kier alpha value is -1.96. The smallest absolute Gasteiger partial charge is 0.194 e. The van der Waals surface area contributed by atoms with Crippen LogP contribution in [0.4, 0.5) is 0 Å². The average Bonchev–Trinajstić information content (AvgIpc) is 3.15. The second-order valence-corrected chi connectivity index (χ2v) is 8.11. The van der Waals surface area contributed by atoms with E-state index in [1.54, 1.807) is 11.3 Å². The number of nitrogens with zero attached hydrogens (tertiary/aromatic N) is 6. The lowest BCUT2D eigenvalue weighted by Gasteiger charge is -2.21. The Morgan fingerprint density at radius 2 is 2.22 bits per heavy atom. The summed E-state index contributed by atoms with van der Waals surface area (Å²) in [5.74, 6) is 3.22. The van der Waals surface area contributed by atoms with Crippen molar-refractivity contribution >= 4 is 17.3 Å². The molecule has 2 aromatic rings. The lowest BCUT2D eigenvalue weighted by Crippen LogP contribution is -2.38. The molecule has 27 heavy (non-hydrogen) atoms. The van der Waals surface area contributed by atoms with Crippen LogP contribution in [0.25, 0.3) is 0 Å². The molecule has 1 aliphatic rings. The monoisotopic (exact) mass is 389 g/mol. The molecule has 0 atom stereocenters. The molecule has 0 aliphatic carbocycles. The maximum Gasteiger partial charge on any atom is 0.194 e. The van der Waals surface area contributed by atoms with Gasteiger partial charge in [0.2, 0.25) is 0 Å². The van der Waals surface area contributed by atoms with Gasteiger partial charge >= 0.3 is 0 Å². The average molecular weight is 390 g/mol. The van der Waals surface area contributed by atoms with Gasteiger partial charge in [0.15, 0.2) is 5.96 Å². The summed E-state index contributed by atoms with van der Waals surface area (Å²) < 4.78 is 2.33. The summed E-state index contributed by atoms with van der Waals surface area (Å²) >= 11 is 1.69. The van der Waals surface area contributed by atoms with E-state index >= 15 is 0 Å². The topological polar surface area (TPSA) is 71.2 Å².